The normalized spacial score (nSPS) is 10.1. The maximum atomic E-state index is 12.9. The number of nitrogens with zero attached hydrogens (tertiary/aromatic N) is 1. The number of rotatable bonds is 2. The van der Waals surface area contributed by atoms with Gasteiger partial charge in [-0.2, -0.15) is 4.39 Å². The minimum absolute atomic E-state index is 0.0747. The average Bonchev–Trinajstić information content (AvgIpc) is 2.07. The van der Waals surface area contributed by atoms with Crippen molar-refractivity contribution in [3.05, 3.63) is 38.1 Å². The van der Waals surface area contributed by atoms with E-state index in [4.69, 9.17) is 5.73 Å². The molecule has 0 atom stereocenters. The second-order valence-corrected chi connectivity index (χ2v) is 3.17. The highest BCUT2D eigenvalue weighted by atomic mass is 79.9. The summed E-state index contributed by atoms with van der Waals surface area (Å²) in [6, 6.07) is 2.42. The van der Waals surface area contributed by atoms with E-state index in [1.807, 2.05) is 0 Å². The summed E-state index contributed by atoms with van der Waals surface area (Å²) in [5, 5.41) is 10.4. The largest absolute Gasteiger partial charge is 0.326 e. The van der Waals surface area contributed by atoms with Gasteiger partial charge in [-0.1, -0.05) is 15.9 Å². The number of nitrogens with two attached hydrogens (primary N) is 1. The van der Waals surface area contributed by atoms with E-state index in [-0.39, 0.29) is 12.1 Å². The van der Waals surface area contributed by atoms with Gasteiger partial charge in [0.05, 0.1) is 10.5 Å². The summed E-state index contributed by atoms with van der Waals surface area (Å²) in [6.45, 7) is -0.0747. The van der Waals surface area contributed by atoms with E-state index >= 15 is 0 Å². The van der Waals surface area contributed by atoms with Crippen molar-refractivity contribution in [1.29, 1.82) is 0 Å². The number of halogens is 2. The fourth-order valence-corrected chi connectivity index (χ4v) is 1.46. The third-order valence-electron chi connectivity index (χ3n) is 1.56. The van der Waals surface area contributed by atoms with Gasteiger partial charge in [-0.05, 0) is 12.1 Å². The molecular formula is C7H6BrFN2O2. The van der Waals surface area contributed by atoms with Crippen LogP contribution >= 0.6 is 15.9 Å². The van der Waals surface area contributed by atoms with Gasteiger partial charge in [-0.25, -0.2) is 0 Å². The number of benzene rings is 1. The highest BCUT2D eigenvalue weighted by Gasteiger charge is 2.21. The first-order chi connectivity index (χ1) is 6.07. The van der Waals surface area contributed by atoms with Crippen molar-refractivity contribution in [1.82, 2.24) is 0 Å². The summed E-state index contributed by atoms with van der Waals surface area (Å²) >= 11 is 3.06. The number of nitro groups is 1. The van der Waals surface area contributed by atoms with Gasteiger partial charge in [0.15, 0.2) is 0 Å². The Bertz CT molecular complexity index is 357. The first-order valence-corrected chi connectivity index (χ1v) is 4.18. The van der Waals surface area contributed by atoms with Gasteiger partial charge in [-0.3, -0.25) is 10.1 Å². The smallest absolute Gasteiger partial charge is 0.310 e. The van der Waals surface area contributed by atoms with Gasteiger partial charge in [0.1, 0.15) is 0 Å². The number of nitro benzene ring substituents is 1. The Balaban J connectivity index is 3.43. The highest BCUT2D eigenvalue weighted by molar-refractivity contribution is 9.10. The van der Waals surface area contributed by atoms with Gasteiger partial charge >= 0.3 is 5.69 Å². The second kappa shape index (κ2) is 3.80. The van der Waals surface area contributed by atoms with Crippen LogP contribution in [0.5, 0.6) is 0 Å². The predicted octanol–water partition coefficient (Wildman–Crippen LogP) is 1.96. The zero-order chi connectivity index (χ0) is 10.0. The van der Waals surface area contributed by atoms with Crippen molar-refractivity contribution in [2.75, 3.05) is 0 Å². The van der Waals surface area contributed by atoms with Crippen LogP contribution in [0.25, 0.3) is 0 Å². The molecule has 1 aromatic rings. The molecule has 0 saturated carbocycles. The van der Waals surface area contributed by atoms with Gasteiger partial charge in [0.2, 0.25) is 5.82 Å². The summed E-state index contributed by atoms with van der Waals surface area (Å²) in [7, 11) is 0. The van der Waals surface area contributed by atoms with Crippen molar-refractivity contribution in [3.63, 3.8) is 0 Å². The molecule has 13 heavy (non-hydrogen) atoms. The van der Waals surface area contributed by atoms with Crippen LogP contribution in [0.1, 0.15) is 5.56 Å². The standard InChI is InChI=1S/C7H6BrFN2O2/c8-5-1-2-6(9)7(11(12)13)4(5)3-10/h1-2H,3,10H2. The SMILES string of the molecule is NCc1c(Br)ccc(F)c1[N+](=O)[O-]. The third-order valence-corrected chi connectivity index (χ3v) is 2.31. The van der Waals surface area contributed by atoms with Crippen LogP contribution in [0.2, 0.25) is 0 Å². The quantitative estimate of drug-likeness (QED) is 0.643. The molecule has 70 valence electrons. The van der Waals surface area contributed by atoms with E-state index < -0.39 is 16.4 Å². The summed E-state index contributed by atoms with van der Waals surface area (Å²) < 4.78 is 13.4. The van der Waals surface area contributed by atoms with E-state index in [0.29, 0.717) is 4.47 Å². The van der Waals surface area contributed by atoms with Crippen molar-refractivity contribution < 1.29 is 9.31 Å². The molecule has 0 heterocycles. The molecule has 0 aromatic heterocycles. The number of hydrogen-bond donors (Lipinski definition) is 1. The molecule has 0 radical (unpaired) electrons. The second-order valence-electron chi connectivity index (χ2n) is 2.32. The summed E-state index contributed by atoms with van der Waals surface area (Å²) in [5.41, 5.74) is 4.87. The summed E-state index contributed by atoms with van der Waals surface area (Å²) in [4.78, 5) is 9.67. The Hall–Kier alpha value is -1.01. The van der Waals surface area contributed by atoms with Crippen molar-refractivity contribution >= 4 is 21.6 Å². The van der Waals surface area contributed by atoms with E-state index in [0.717, 1.165) is 6.07 Å². The Kier molecular flexibility index (Phi) is 2.94. The molecule has 6 heteroatoms. The van der Waals surface area contributed by atoms with E-state index in [1.165, 1.54) is 6.07 Å². The van der Waals surface area contributed by atoms with Crippen LogP contribution in [0.3, 0.4) is 0 Å². The molecule has 0 fully saturated rings. The fraction of sp³-hybridized carbons (Fsp3) is 0.143. The maximum absolute atomic E-state index is 12.9. The average molecular weight is 249 g/mol. The lowest BCUT2D eigenvalue weighted by molar-refractivity contribution is -0.388. The Morgan fingerprint density at radius 1 is 1.62 bits per heavy atom. The Morgan fingerprint density at radius 3 is 2.62 bits per heavy atom. The predicted molar refractivity (Wildman–Crippen MR) is 48.6 cm³/mol. The van der Waals surface area contributed by atoms with Crippen LogP contribution < -0.4 is 5.73 Å². The molecule has 4 nitrogen and oxygen atoms in total. The van der Waals surface area contributed by atoms with Crippen molar-refractivity contribution in [3.8, 4) is 0 Å². The van der Waals surface area contributed by atoms with Gasteiger partial charge < -0.3 is 5.73 Å². The van der Waals surface area contributed by atoms with Crippen molar-refractivity contribution in [2.45, 2.75) is 6.54 Å². The first-order valence-electron chi connectivity index (χ1n) is 3.39. The maximum Gasteiger partial charge on any atom is 0.310 e. The van der Waals surface area contributed by atoms with Crippen LogP contribution in [-0.2, 0) is 6.54 Å². The zero-order valence-electron chi connectivity index (χ0n) is 6.46. The lowest BCUT2D eigenvalue weighted by Gasteiger charge is -2.02. The minimum Gasteiger partial charge on any atom is -0.326 e. The molecule has 0 bridgehead atoms. The molecule has 2 N–H and O–H groups in total. The fourth-order valence-electron chi connectivity index (χ4n) is 0.975. The van der Waals surface area contributed by atoms with Crippen molar-refractivity contribution in [2.24, 2.45) is 5.73 Å². The molecule has 0 aliphatic rings. The van der Waals surface area contributed by atoms with Crippen LogP contribution in [0.4, 0.5) is 10.1 Å². The molecule has 0 saturated heterocycles. The van der Waals surface area contributed by atoms with E-state index in [2.05, 4.69) is 15.9 Å². The highest BCUT2D eigenvalue weighted by Crippen LogP contribution is 2.28. The third kappa shape index (κ3) is 1.84. The molecule has 1 aromatic carbocycles. The number of hydrogen-bond acceptors (Lipinski definition) is 3. The van der Waals surface area contributed by atoms with E-state index in [9.17, 15) is 14.5 Å². The Morgan fingerprint density at radius 2 is 2.23 bits per heavy atom. The topological polar surface area (TPSA) is 69.2 Å². The van der Waals surface area contributed by atoms with Gasteiger partial charge in [-0.15, -0.1) is 0 Å². The molecule has 0 aliphatic heterocycles. The molecule has 0 unspecified atom stereocenters. The first kappa shape index (κ1) is 10.1. The molecule has 1 rings (SSSR count). The molecule has 0 aliphatic carbocycles. The van der Waals surface area contributed by atoms with Crippen LogP contribution in [0, 0.1) is 15.9 Å². The lowest BCUT2D eigenvalue weighted by Crippen LogP contribution is -2.04. The summed E-state index contributed by atoms with van der Waals surface area (Å²) in [5.74, 6) is -0.867. The van der Waals surface area contributed by atoms with Gasteiger partial charge in [0.25, 0.3) is 0 Å². The Labute approximate surface area is 81.8 Å². The molecule has 0 spiro atoms. The monoisotopic (exact) mass is 248 g/mol. The van der Waals surface area contributed by atoms with E-state index in [1.54, 1.807) is 0 Å². The molecular weight excluding hydrogens is 243 g/mol. The van der Waals surface area contributed by atoms with Gasteiger partial charge in [0, 0.05) is 11.0 Å². The molecule has 0 amide bonds. The minimum atomic E-state index is -0.867. The van der Waals surface area contributed by atoms with Crippen LogP contribution in [-0.4, -0.2) is 4.92 Å². The lowest BCUT2D eigenvalue weighted by atomic mass is 10.2. The zero-order valence-corrected chi connectivity index (χ0v) is 8.04. The van der Waals surface area contributed by atoms with Crippen LogP contribution in [0.15, 0.2) is 16.6 Å². The summed E-state index contributed by atoms with van der Waals surface area (Å²) in [6.07, 6.45) is 0.